The van der Waals surface area contributed by atoms with Gasteiger partial charge in [0.2, 0.25) is 5.88 Å². The average Bonchev–Trinajstić information content (AvgIpc) is 2.88. The minimum Gasteiger partial charge on any atom is -0.483 e. The van der Waals surface area contributed by atoms with Crippen LogP contribution in [0.3, 0.4) is 0 Å². The van der Waals surface area contributed by atoms with Crippen molar-refractivity contribution in [2.45, 2.75) is 46.1 Å². The first-order chi connectivity index (χ1) is 12.6. The van der Waals surface area contributed by atoms with Crippen molar-refractivity contribution in [2.24, 2.45) is 0 Å². The van der Waals surface area contributed by atoms with Crippen LogP contribution in [0.25, 0.3) is 0 Å². The highest BCUT2D eigenvalue weighted by Gasteiger charge is 2.20. The van der Waals surface area contributed by atoms with Crippen LogP contribution in [0.5, 0.6) is 5.88 Å². The van der Waals surface area contributed by atoms with E-state index in [-0.39, 0.29) is 12.6 Å². The molecule has 0 fully saturated rings. The van der Waals surface area contributed by atoms with Crippen molar-refractivity contribution in [2.75, 3.05) is 18.6 Å². The van der Waals surface area contributed by atoms with Crippen LogP contribution in [-0.4, -0.2) is 50.9 Å². The second-order valence-electron chi connectivity index (χ2n) is 5.99. The van der Waals surface area contributed by atoms with Gasteiger partial charge in [0.05, 0.1) is 44.1 Å². The molecule has 0 atom stereocenters. The van der Waals surface area contributed by atoms with E-state index in [4.69, 9.17) is 19.4 Å². The predicted octanol–water partition coefficient (Wildman–Crippen LogP) is 1.72. The lowest BCUT2D eigenvalue weighted by molar-refractivity contribution is -0.122. The SMILES string of the molecule is COc1cc(N2CCCn3cnc(COC(C)C)c3C2)ncn1.O=CO. The second kappa shape index (κ2) is 9.71. The predicted molar refractivity (Wildman–Crippen MR) is 95.1 cm³/mol. The molecular weight excluding hydrogens is 338 g/mol. The summed E-state index contributed by atoms with van der Waals surface area (Å²) in [4.78, 5) is 23.6. The number of aromatic nitrogens is 4. The number of anilines is 1. The van der Waals surface area contributed by atoms with Gasteiger partial charge in [0.25, 0.3) is 6.47 Å². The van der Waals surface area contributed by atoms with Crippen LogP contribution in [0.15, 0.2) is 18.7 Å². The first-order valence-corrected chi connectivity index (χ1v) is 8.42. The summed E-state index contributed by atoms with van der Waals surface area (Å²) in [5, 5.41) is 6.89. The van der Waals surface area contributed by atoms with Gasteiger partial charge in [0, 0.05) is 19.2 Å². The lowest BCUT2D eigenvalue weighted by atomic mass is 10.3. The quantitative estimate of drug-likeness (QED) is 0.801. The van der Waals surface area contributed by atoms with Crippen LogP contribution in [0.2, 0.25) is 0 Å². The Morgan fingerprint density at radius 2 is 2.08 bits per heavy atom. The Balaban J connectivity index is 0.000000758. The highest BCUT2D eigenvalue weighted by molar-refractivity contribution is 5.42. The number of fused-ring (bicyclic) bond motifs is 1. The van der Waals surface area contributed by atoms with E-state index in [1.165, 1.54) is 5.69 Å². The van der Waals surface area contributed by atoms with Gasteiger partial charge in [0.1, 0.15) is 12.1 Å². The Bertz CT molecular complexity index is 704. The molecular formula is C17H25N5O4. The zero-order chi connectivity index (χ0) is 18.9. The van der Waals surface area contributed by atoms with Crippen LogP contribution in [0.1, 0.15) is 31.7 Å². The molecule has 0 spiro atoms. The fourth-order valence-electron chi connectivity index (χ4n) is 2.69. The number of carboxylic acid groups (broad SMARTS) is 1. The normalized spacial score (nSPS) is 13.5. The summed E-state index contributed by atoms with van der Waals surface area (Å²) in [6.45, 7) is 7.02. The van der Waals surface area contributed by atoms with Crippen LogP contribution in [0, 0.1) is 0 Å². The van der Waals surface area contributed by atoms with Gasteiger partial charge < -0.3 is 24.0 Å². The molecule has 142 valence electrons. The van der Waals surface area contributed by atoms with E-state index in [0.29, 0.717) is 12.5 Å². The number of hydrogen-bond donors (Lipinski definition) is 1. The van der Waals surface area contributed by atoms with Crippen molar-refractivity contribution in [3.63, 3.8) is 0 Å². The lowest BCUT2D eigenvalue weighted by Gasteiger charge is -2.21. The number of methoxy groups -OCH3 is 1. The lowest BCUT2D eigenvalue weighted by Crippen LogP contribution is -2.24. The second-order valence-corrected chi connectivity index (χ2v) is 5.99. The zero-order valence-electron chi connectivity index (χ0n) is 15.3. The third-order valence-electron chi connectivity index (χ3n) is 3.91. The molecule has 0 aliphatic carbocycles. The molecule has 0 aromatic carbocycles. The average molecular weight is 363 g/mol. The minimum absolute atomic E-state index is 0.195. The summed E-state index contributed by atoms with van der Waals surface area (Å²) in [6, 6.07) is 1.87. The van der Waals surface area contributed by atoms with E-state index in [1.807, 2.05) is 26.2 Å². The monoisotopic (exact) mass is 363 g/mol. The molecule has 1 aliphatic rings. The van der Waals surface area contributed by atoms with Gasteiger partial charge in [-0.1, -0.05) is 0 Å². The van der Waals surface area contributed by atoms with Crippen molar-refractivity contribution < 1.29 is 19.4 Å². The number of imidazole rings is 1. The summed E-state index contributed by atoms with van der Waals surface area (Å²) < 4.78 is 13.2. The smallest absolute Gasteiger partial charge is 0.290 e. The van der Waals surface area contributed by atoms with Gasteiger partial charge >= 0.3 is 0 Å². The van der Waals surface area contributed by atoms with Crippen molar-refractivity contribution in [1.82, 2.24) is 19.5 Å². The molecule has 0 saturated carbocycles. The van der Waals surface area contributed by atoms with Gasteiger partial charge in [-0.15, -0.1) is 0 Å². The Morgan fingerprint density at radius 3 is 2.77 bits per heavy atom. The van der Waals surface area contributed by atoms with Gasteiger partial charge in [-0.25, -0.2) is 15.0 Å². The van der Waals surface area contributed by atoms with Crippen LogP contribution >= 0.6 is 0 Å². The van der Waals surface area contributed by atoms with E-state index in [1.54, 1.807) is 13.4 Å². The van der Waals surface area contributed by atoms with Crippen molar-refractivity contribution in [1.29, 1.82) is 0 Å². The molecule has 9 nitrogen and oxygen atoms in total. The molecule has 0 amide bonds. The number of ether oxygens (including phenoxy) is 2. The Labute approximate surface area is 152 Å². The molecule has 3 heterocycles. The van der Waals surface area contributed by atoms with Crippen molar-refractivity contribution >= 4 is 12.3 Å². The maximum Gasteiger partial charge on any atom is 0.290 e. The third kappa shape index (κ3) is 5.16. The molecule has 0 bridgehead atoms. The van der Waals surface area contributed by atoms with E-state index in [0.717, 1.165) is 37.6 Å². The van der Waals surface area contributed by atoms with Crippen LogP contribution in [0.4, 0.5) is 5.82 Å². The van der Waals surface area contributed by atoms with Gasteiger partial charge in [0.15, 0.2) is 0 Å². The summed E-state index contributed by atoms with van der Waals surface area (Å²) >= 11 is 0. The fraction of sp³-hybridized carbons (Fsp3) is 0.529. The molecule has 1 N–H and O–H groups in total. The topological polar surface area (TPSA) is 103 Å². The number of rotatable bonds is 5. The van der Waals surface area contributed by atoms with Gasteiger partial charge in [-0.05, 0) is 20.3 Å². The largest absolute Gasteiger partial charge is 0.483 e. The molecule has 1 aliphatic heterocycles. The summed E-state index contributed by atoms with van der Waals surface area (Å²) in [7, 11) is 1.62. The zero-order valence-corrected chi connectivity index (χ0v) is 15.3. The van der Waals surface area contributed by atoms with Crippen molar-refractivity contribution in [3.8, 4) is 5.88 Å². The number of carbonyl (C=O) groups is 1. The van der Waals surface area contributed by atoms with E-state index in [9.17, 15) is 0 Å². The Kier molecular flexibility index (Phi) is 7.34. The first-order valence-electron chi connectivity index (χ1n) is 8.42. The van der Waals surface area contributed by atoms with Crippen LogP contribution in [-0.2, 0) is 29.2 Å². The highest BCUT2D eigenvalue weighted by atomic mass is 16.5. The van der Waals surface area contributed by atoms with Gasteiger partial charge in [-0.2, -0.15) is 0 Å². The Hall–Kier alpha value is -2.68. The summed E-state index contributed by atoms with van der Waals surface area (Å²) in [6.07, 6.45) is 4.69. The minimum atomic E-state index is -0.250. The molecule has 2 aromatic heterocycles. The van der Waals surface area contributed by atoms with Gasteiger partial charge in [-0.3, -0.25) is 4.79 Å². The number of hydrogen-bond acceptors (Lipinski definition) is 7. The summed E-state index contributed by atoms with van der Waals surface area (Å²) in [5.41, 5.74) is 2.20. The molecule has 0 saturated heterocycles. The molecule has 0 radical (unpaired) electrons. The molecule has 3 rings (SSSR count). The van der Waals surface area contributed by atoms with Crippen molar-refractivity contribution in [3.05, 3.63) is 30.1 Å². The standard InChI is InChI=1S/C16H23N5O2.CH2O2/c1-12(2)23-9-13-14-8-20(5-4-6-21(14)11-19-13)15-7-16(22-3)18-10-17-15;2-1-3/h7,10-12H,4-6,8-9H2,1-3H3;1H,(H,2,3). The Morgan fingerprint density at radius 1 is 1.31 bits per heavy atom. The molecule has 0 unspecified atom stereocenters. The summed E-state index contributed by atoms with van der Waals surface area (Å²) in [5.74, 6) is 1.46. The maximum atomic E-state index is 8.36. The fourth-order valence-corrected chi connectivity index (χ4v) is 2.69. The van der Waals surface area contributed by atoms with E-state index >= 15 is 0 Å². The number of aryl methyl sites for hydroxylation is 1. The molecule has 2 aromatic rings. The van der Waals surface area contributed by atoms with E-state index < -0.39 is 0 Å². The third-order valence-corrected chi connectivity index (χ3v) is 3.91. The first kappa shape index (κ1) is 19.6. The number of nitrogens with zero attached hydrogens (tertiary/aromatic N) is 5. The molecule has 26 heavy (non-hydrogen) atoms. The van der Waals surface area contributed by atoms with E-state index in [2.05, 4.69) is 24.4 Å². The van der Waals surface area contributed by atoms with Crippen LogP contribution < -0.4 is 9.64 Å². The molecule has 9 heteroatoms. The highest BCUT2D eigenvalue weighted by Crippen LogP contribution is 2.23. The maximum absolute atomic E-state index is 8.36.